The predicted molar refractivity (Wildman–Crippen MR) is 124 cm³/mol. The quantitative estimate of drug-likeness (QED) is 0.514. The van der Waals surface area contributed by atoms with Crippen LogP contribution >= 0.6 is 11.8 Å². The van der Waals surface area contributed by atoms with E-state index < -0.39 is 10.0 Å². The van der Waals surface area contributed by atoms with Crippen LogP contribution in [0, 0.1) is 6.92 Å². The van der Waals surface area contributed by atoms with E-state index in [9.17, 15) is 13.2 Å². The van der Waals surface area contributed by atoms with Crippen LogP contribution in [0.25, 0.3) is 0 Å². The number of benzene rings is 3. The highest BCUT2D eigenvalue weighted by Gasteiger charge is 2.16. The van der Waals surface area contributed by atoms with Crippen LogP contribution < -0.4 is 10.0 Å². The van der Waals surface area contributed by atoms with E-state index in [4.69, 9.17) is 0 Å². The van der Waals surface area contributed by atoms with Gasteiger partial charge in [-0.05, 0) is 55.8 Å². The lowest BCUT2D eigenvalue weighted by Gasteiger charge is -2.13. The molecular weight excluding hydrogens is 416 g/mol. The molecule has 0 unspecified atom stereocenters. The summed E-state index contributed by atoms with van der Waals surface area (Å²) in [5.74, 6) is 0.626. The Morgan fingerprint density at radius 1 is 0.900 bits per heavy atom. The molecule has 0 heterocycles. The molecule has 30 heavy (non-hydrogen) atoms. The molecule has 0 spiro atoms. The van der Waals surface area contributed by atoms with Gasteiger partial charge in [0.25, 0.3) is 10.0 Å². The number of thioether (sulfide) groups is 1. The zero-order valence-electron chi connectivity index (χ0n) is 16.8. The molecular formula is C23H24N2O3S2. The minimum atomic E-state index is -3.69. The highest BCUT2D eigenvalue weighted by molar-refractivity contribution is 7.99. The molecule has 0 saturated heterocycles. The second-order valence-electron chi connectivity index (χ2n) is 6.92. The average Bonchev–Trinajstić information content (AvgIpc) is 2.74. The van der Waals surface area contributed by atoms with E-state index in [1.807, 2.05) is 56.3 Å². The second kappa shape index (κ2) is 9.82. The molecule has 1 amide bonds. The van der Waals surface area contributed by atoms with Crippen LogP contribution in [0.4, 0.5) is 11.4 Å². The van der Waals surface area contributed by atoms with Crippen molar-refractivity contribution in [3.05, 3.63) is 90.0 Å². The first-order chi connectivity index (χ1) is 14.3. The van der Waals surface area contributed by atoms with Crippen molar-refractivity contribution in [2.75, 3.05) is 10.0 Å². The Balaban J connectivity index is 1.57. The molecule has 0 bridgehead atoms. The van der Waals surface area contributed by atoms with E-state index in [0.29, 0.717) is 11.4 Å². The van der Waals surface area contributed by atoms with Crippen LogP contribution in [0.1, 0.15) is 18.1 Å². The van der Waals surface area contributed by atoms with Gasteiger partial charge >= 0.3 is 0 Å². The molecule has 5 nitrogen and oxygen atoms in total. The van der Waals surface area contributed by atoms with Crippen molar-refractivity contribution in [3.63, 3.8) is 0 Å². The van der Waals surface area contributed by atoms with Crippen LogP contribution in [-0.2, 0) is 20.6 Å². The first-order valence-electron chi connectivity index (χ1n) is 9.49. The van der Waals surface area contributed by atoms with Gasteiger partial charge in [0.1, 0.15) is 0 Å². The summed E-state index contributed by atoms with van der Waals surface area (Å²) in [5, 5.41) is 2.60. The third-order valence-corrected chi connectivity index (χ3v) is 7.06. The Kier molecular flexibility index (Phi) is 7.18. The number of nitrogens with one attached hydrogen (secondary N) is 2. The van der Waals surface area contributed by atoms with Gasteiger partial charge in [-0.15, -0.1) is 11.8 Å². The van der Waals surface area contributed by atoms with E-state index >= 15 is 0 Å². The lowest BCUT2D eigenvalue weighted by atomic mass is 10.2. The average molecular weight is 441 g/mol. The molecule has 0 aliphatic rings. The number of sulfonamides is 1. The molecule has 3 rings (SSSR count). The molecule has 2 N–H and O–H groups in total. The number of rotatable bonds is 8. The van der Waals surface area contributed by atoms with Gasteiger partial charge < -0.3 is 5.32 Å². The first-order valence-corrected chi connectivity index (χ1v) is 12.0. The number of amides is 1. The first kappa shape index (κ1) is 21.9. The zero-order chi connectivity index (χ0) is 21.6. The van der Waals surface area contributed by atoms with Crippen molar-refractivity contribution in [1.29, 1.82) is 0 Å². The van der Waals surface area contributed by atoms with Crippen molar-refractivity contribution in [1.82, 2.24) is 0 Å². The fourth-order valence-electron chi connectivity index (χ4n) is 2.67. The molecule has 3 aromatic carbocycles. The van der Waals surface area contributed by atoms with Gasteiger partial charge in [-0.2, -0.15) is 0 Å². The summed E-state index contributed by atoms with van der Waals surface area (Å²) in [6.07, 6.45) is 0. The van der Waals surface area contributed by atoms with Gasteiger partial charge in [-0.3, -0.25) is 9.52 Å². The second-order valence-corrected chi connectivity index (χ2v) is 9.94. The summed E-state index contributed by atoms with van der Waals surface area (Å²) in [5.41, 5.74) is 3.27. The minimum Gasteiger partial charge on any atom is -0.325 e. The van der Waals surface area contributed by atoms with Crippen LogP contribution in [0.15, 0.2) is 83.8 Å². The molecule has 156 valence electrons. The Morgan fingerprint density at radius 2 is 1.50 bits per heavy atom. The maximum Gasteiger partial charge on any atom is 0.261 e. The highest BCUT2D eigenvalue weighted by atomic mass is 32.2. The standard InChI is InChI=1S/C23H24N2O3S2/c1-17-8-10-21(11-9-17)25-30(27,28)22-14-12-20(13-15-22)24-23(26)18(2)29-16-19-6-4-3-5-7-19/h3-15,18,25H,16H2,1-2H3,(H,24,26)/t18-/m0/s1. The van der Waals surface area contributed by atoms with Crippen molar-refractivity contribution in [2.24, 2.45) is 0 Å². The van der Waals surface area contributed by atoms with Gasteiger partial charge in [0.15, 0.2) is 0 Å². The number of hydrogen-bond donors (Lipinski definition) is 2. The largest absolute Gasteiger partial charge is 0.325 e. The van der Waals surface area contributed by atoms with Gasteiger partial charge in [-0.1, -0.05) is 48.0 Å². The van der Waals surface area contributed by atoms with E-state index in [-0.39, 0.29) is 16.1 Å². The predicted octanol–water partition coefficient (Wildman–Crippen LogP) is 5.06. The molecule has 0 aromatic heterocycles. The van der Waals surface area contributed by atoms with Crippen LogP contribution in [0.5, 0.6) is 0 Å². The lowest BCUT2D eigenvalue weighted by Crippen LogP contribution is -2.22. The smallest absolute Gasteiger partial charge is 0.261 e. The lowest BCUT2D eigenvalue weighted by molar-refractivity contribution is -0.115. The summed E-state index contributed by atoms with van der Waals surface area (Å²) in [6, 6.07) is 23.2. The topological polar surface area (TPSA) is 75.3 Å². The maximum absolute atomic E-state index is 12.5. The highest BCUT2D eigenvalue weighted by Crippen LogP contribution is 2.21. The monoisotopic (exact) mass is 440 g/mol. The van der Waals surface area contributed by atoms with Crippen molar-refractivity contribution in [2.45, 2.75) is 29.7 Å². The van der Waals surface area contributed by atoms with Crippen LogP contribution in [0.2, 0.25) is 0 Å². The van der Waals surface area contributed by atoms with Gasteiger partial charge in [0, 0.05) is 17.1 Å². The molecule has 0 radical (unpaired) electrons. The van der Waals surface area contributed by atoms with Crippen molar-refractivity contribution in [3.8, 4) is 0 Å². The van der Waals surface area contributed by atoms with Gasteiger partial charge in [-0.25, -0.2) is 8.42 Å². The molecule has 0 aliphatic carbocycles. The summed E-state index contributed by atoms with van der Waals surface area (Å²) >= 11 is 1.55. The number of aryl methyl sites for hydroxylation is 1. The van der Waals surface area contributed by atoms with E-state index in [0.717, 1.165) is 16.9 Å². The van der Waals surface area contributed by atoms with Crippen LogP contribution in [0.3, 0.4) is 0 Å². The minimum absolute atomic E-state index is 0.121. The SMILES string of the molecule is Cc1ccc(NS(=O)(=O)c2ccc(NC(=O)[C@H](C)SCc3ccccc3)cc2)cc1. The molecule has 1 atom stereocenters. The summed E-state index contributed by atoms with van der Waals surface area (Å²) < 4.78 is 27.6. The van der Waals surface area contributed by atoms with Crippen molar-refractivity contribution >= 4 is 39.1 Å². The van der Waals surface area contributed by atoms with E-state index in [1.54, 1.807) is 36.0 Å². The fraction of sp³-hybridized carbons (Fsp3) is 0.174. The molecule has 0 aliphatic heterocycles. The molecule has 7 heteroatoms. The normalized spacial score (nSPS) is 12.2. The summed E-state index contributed by atoms with van der Waals surface area (Å²) in [6.45, 7) is 3.79. The third kappa shape index (κ3) is 6.11. The number of anilines is 2. The zero-order valence-corrected chi connectivity index (χ0v) is 18.5. The Labute approximate surface area is 182 Å². The van der Waals surface area contributed by atoms with Gasteiger partial charge in [0.2, 0.25) is 5.91 Å². The Morgan fingerprint density at radius 3 is 2.13 bits per heavy atom. The van der Waals surface area contributed by atoms with E-state index in [2.05, 4.69) is 10.0 Å². The van der Waals surface area contributed by atoms with Gasteiger partial charge in [0.05, 0.1) is 10.1 Å². The fourth-order valence-corrected chi connectivity index (χ4v) is 4.57. The molecule has 0 fully saturated rings. The third-order valence-electron chi connectivity index (χ3n) is 4.45. The number of carbonyl (C=O) groups excluding carboxylic acids is 1. The molecule has 3 aromatic rings. The Hall–Kier alpha value is -2.77. The Bertz CT molecular complexity index is 1080. The number of hydrogen-bond acceptors (Lipinski definition) is 4. The molecule has 0 saturated carbocycles. The number of carbonyl (C=O) groups is 1. The van der Waals surface area contributed by atoms with E-state index in [1.165, 1.54) is 12.1 Å². The van der Waals surface area contributed by atoms with Crippen molar-refractivity contribution < 1.29 is 13.2 Å². The summed E-state index contributed by atoms with van der Waals surface area (Å²) in [4.78, 5) is 12.6. The summed E-state index contributed by atoms with van der Waals surface area (Å²) in [7, 11) is -3.69. The van der Waals surface area contributed by atoms with Crippen LogP contribution in [-0.4, -0.2) is 19.6 Å². The maximum atomic E-state index is 12.5.